The molecule has 0 N–H and O–H groups in total. The van der Waals surface area contributed by atoms with E-state index in [9.17, 15) is 4.79 Å². The molecule has 172 valence electrons. The number of likely N-dealkylation sites (tertiary alicyclic amines) is 1. The van der Waals surface area contributed by atoms with Gasteiger partial charge in [-0.2, -0.15) is 0 Å². The Labute approximate surface area is 197 Å². The Morgan fingerprint density at radius 1 is 1.06 bits per heavy atom. The van der Waals surface area contributed by atoms with Crippen LogP contribution in [0.2, 0.25) is 0 Å². The predicted octanol–water partition coefficient (Wildman–Crippen LogP) is 4.54. The highest BCUT2D eigenvalue weighted by Gasteiger charge is 2.30. The van der Waals surface area contributed by atoms with Crippen LogP contribution >= 0.6 is 11.8 Å². The summed E-state index contributed by atoms with van der Waals surface area (Å²) in [7, 11) is 0. The first-order chi connectivity index (χ1) is 16.2. The van der Waals surface area contributed by atoms with E-state index in [1.165, 1.54) is 17.3 Å². The second-order valence-corrected chi connectivity index (χ2v) is 9.78. The summed E-state index contributed by atoms with van der Waals surface area (Å²) in [6, 6.07) is 18.1. The van der Waals surface area contributed by atoms with Crippen LogP contribution in [0.3, 0.4) is 0 Å². The smallest absolute Gasteiger partial charge is 0.277 e. The van der Waals surface area contributed by atoms with Crippen LogP contribution in [0.1, 0.15) is 37.3 Å². The fourth-order valence-electron chi connectivity index (χ4n) is 4.30. The molecule has 2 unspecified atom stereocenters. The third-order valence-electron chi connectivity index (χ3n) is 6.12. The normalized spacial score (nSPS) is 19.3. The van der Waals surface area contributed by atoms with Gasteiger partial charge < -0.3 is 18.8 Å². The number of thioether (sulfide) groups is 1. The number of amides is 1. The summed E-state index contributed by atoms with van der Waals surface area (Å²) in [6.45, 7) is 3.78. The molecule has 1 amide bonds. The number of rotatable bonds is 6. The molecule has 8 heteroatoms. The van der Waals surface area contributed by atoms with Gasteiger partial charge in [0.2, 0.25) is 12.0 Å². The van der Waals surface area contributed by atoms with Crippen LogP contribution in [0, 0.1) is 5.92 Å². The SMILES string of the molecule is CC(Sc1nnc(C2COc3ccccc3O2)o1)C(=O)N1CCC(Cc2ccccc2)CC1. The highest BCUT2D eigenvalue weighted by atomic mass is 32.2. The molecule has 33 heavy (non-hydrogen) atoms. The van der Waals surface area contributed by atoms with Gasteiger partial charge in [-0.15, -0.1) is 10.2 Å². The average Bonchev–Trinajstić information content (AvgIpc) is 3.33. The van der Waals surface area contributed by atoms with Crippen molar-refractivity contribution in [3.8, 4) is 11.5 Å². The largest absolute Gasteiger partial charge is 0.485 e. The van der Waals surface area contributed by atoms with Crippen molar-refractivity contribution in [2.45, 2.75) is 42.8 Å². The molecule has 0 spiro atoms. The fraction of sp³-hybridized carbons (Fsp3) is 0.400. The molecule has 0 aliphatic carbocycles. The Morgan fingerprint density at radius 3 is 2.58 bits per heavy atom. The molecule has 5 rings (SSSR count). The van der Waals surface area contributed by atoms with Gasteiger partial charge in [0.1, 0.15) is 6.61 Å². The molecule has 1 saturated heterocycles. The van der Waals surface area contributed by atoms with Crippen molar-refractivity contribution in [3.05, 3.63) is 66.1 Å². The van der Waals surface area contributed by atoms with Crippen molar-refractivity contribution < 1.29 is 18.7 Å². The standard InChI is InChI=1S/C25H27N3O4S/c1-17(24(29)28-13-11-19(12-14-28)15-18-7-3-2-4-8-18)33-25-27-26-23(32-25)22-16-30-20-9-5-6-10-21(20)31-22/h2-10,17,19,22H,11-16H2,1H3. The summed E-state index contributed by atoms with van der Waals surface area (Å²) in [5.74, 6) is 2.45. The predicted molar refractivity (Wildman–Crippen MR) is 124 cm³/mol. The number of hydrogen-bond donors (Lipinski definition) is 0. The number of aromatic nitrogens is 2. The number of fused-ring (bicyclic) bond motifs is 1. The van der Waals surface area contributed by atoms with Crippen LogP contribution in [0.4, 0.5) is 0 Å². The van der Waals surface area contributed by atoms with Crippen molar-refractivity contribution in [1.82, 2.24) is 15.1 Å². The summed E-state index contributed by atoms with van der Waals surface area (Å²) >= 11 is 1.29. The van der Waals surface area contributed by atoms with E-state index in [2.05, 4.69) is 34.5 Å². The van der Waals surface area contributed by atoms with Crippen molar-refractivity contribution in [2.24, 2.45) is 5.92 Å². The zero-order chi connectivity index (χ0) is 22.6. The number of hydrogen-bond acceptors (Lipinski definition) is 7. The number of ether oxygens (including phenoxy) is 2. The lowest BCUT2D eigenvalue weighted by atomic mass is 9.90. The van der Waals surface area contributed by atoms with Gasteiger partial charge in [0, 0.05) is 13.1 Å². The van der Waals surface area contributed by atoms with E-state index in [1.54, 1.807) is 0 Å². The molecule has 3 heterocycles. The summed E-state index contributed by atoms with van der Waals surface area (Å²) in [4.78, 5) is 14.9. The zero-order valence-corrected chi connectivity index (χ0v) is 19.4. The van der Waals surface area contributed by atoms with E-state index in [0.717, 1.165) is 32.4 Å². The molecular weight excluding hydrogens is 438 g/mol. The molecule has 2 aliphatic heterocycles. The van der Waals surface area contributed by atoms with E-state index in [4.69, 9.17) is 13.9 Å². The third-order valence-corrected chi connectivity index (χ3v) is 7.05. The first-order valence-corrected chi connectivity index (χ1v) is 12.2. The maximum atomic E-state index is 13.0. The molecular formula is C25H27N3O4S. The lowest BCUT2D eigenvalue weighted by Gasteiger charge is -2.33. The van der Waals surface area contributed by atoms with E-state index in [0.29, 0.717) is 35.1 Å². The molecule has 1 fully saturated rings. The molecule has 3 aromatic rings. The summed E-state index contributed by atoms with van der Waals surface area (Å²) in [5.41, 5.74) is 1.37. The molecule has 2 aromatic carbocycles. The van der Waals surface area contributed by atoms with E-state index in [-0.39, 0.29) is 11.2 Å². The molecule has 0 radical (unpaired) electrons. The van der Waals surface area contributed by atoms with Crippen molar-refractivity contribution in [1.29, 1.82) is 0 Å². The first-order valence-electron chi connectivity index (χ1n) is 11.4. The lowest BCUT2D eigenvalue weighted by molar-refractivity contribution is -0.131. The molecule has 0 saturated carbocycles. The van der Waals surface area contributed by atoms with Crippen LogP contribution in [0.25, 0.3) is 0 Å². The minimum atomic E-state index is -0.462. The highest BCUT2D eigenvalue weighted by molar-refractivity contribution is 8.00. The fourth-order valence-corrected chi connectivity index (χ4v) is 5.08. The van der Waals surface area contributed by atoms with E-state index < -0.39 is 6.10 Å². The number of nitrogens with zero attached hydrogens (tertiary/aromatic N) is 3. The van der Waals surface area contributed by atoms with Gasteiger partial charge in [-0.25, -0.2) is 0 Å². The van der Waals surface area contributed by atoms with Gasteiger partial charge in [-0.1, -0.05) is 54.2 Å². The molecule has 2 aliphatic rings. The Balaban J connectivity index is 1.12. The van der Waals surface area contributed by atoms with Crippen LogP contribution < -0.4 is 9.47 Å². The van der Waals surface area contributed by atoms with Gasteiger partial charge in [0.15, 0.2) is 11.5 Å². The lowest BCUT2D eigenvalue weighted by Crippen LogP contribution is -2.42. The molecule has 0 bridgehead atoms. The summed E-state index contributed by atoms with van der Waals surface area (Å²) in [5, 5.41) is 8.30. The van der Waals surface area contributed by atoms with Crippen LogP contribution in [-0.2, 0) is 11.2 Å². The summed E-state index contributed by atoms with van der Waals surface area (Å²) in [6.07, 6.45) is 2.68. The Kier molecular flexibility index (Phi) is 6.53. The van der Waals surface area contributed by atoms with Crippen molar-refractivity contribution in [2.75, 3.05) is 19.7 Å². The Morgan fingerprint density at radius 2 is 1.79 bits per heavy atom. The maximum Gasteiger partial charge on any atom is 0.277 e. The van der Waals surface area contributed by atoms with Gasteiger partial charge in [-0.05, 0) is 49.8 Å². The van der Waals surface area contributed by atoms with E-state index in [1.807, 2.05) is 42.2 Å². The number of benzene rings is 2. The minimum absolute atomic E-state index is 0.115. The minimum Gasteiger partial charge on any atom is -0.485 e. The zero-order valence-electron chi connectivity index (χ0n) is 18.6. The maximum absolute atomic E-state index is 13.0. The third kappa shape index (κ3) is 5.16. The molecule has 2 atom stereocenters. The highest BCUT2D eigenvalue weighted by Crippen LogP contribution is 2.36. The van der Waals surface area contributed by atoms with Gasteiger partial charge >= 0.3 is 0 Å². The van der Waals surface area contributed by atoms with E-state index >= 15 is 0 Å². The Hall–Kier alpha value is -3.00. The van der Waals surface area contributed by atoms with Crippen molar-refractivity contribution >= 4 is 17.7 Å². The number of para-hydroxylation sites is 2. The Bertz CT molecular complexity index is 1080. The molecule has 7 nitrogen and oxygen atoms in total. The van der Waals surface area contributed by atoms with Crippen LogP contribution in [0.5, 0.6) is 11.5 Å². The topological polar surface area (TPSA) is 77.7 Å². The van der Waals surface area contributed by atoms with Crippen molar-refractivity contribution in [3.63, 3.8) is 0 Å². The molecule has 1 aromatic heterocycles. The van der Waals surface area contributed by atoms with Crippen LogP contribution in [-0.4, -0.2) is 46.0 Å². The second kappa shape index (κ2) is 9.87. The summed E-state index contributed by atoms with van der Waals surface area (Å²) < 4.78 is 17.4. The van der Waals surface area contributed by atoms with Crippen LogP contribution in [0.15, 0.2) is 64.2 Å². The monoisotopic (exact) mass is 465 g/mol. The second-order valence-electron chi connectivity index (χ2n) is 8.49. The van der Waals surface area contributed by atoms with Gasteiger partial charge in [-0.3, -0.25) is 4.79 Å². The number of carbonyl (C=O) groups is 1. The number of carbonyl (C=O) groups excluding carboxylic acids is 1. The van der Waals surface area contributed by atoms with Gasteiger partial charge in [0.25, 0.3) is 11.1 Å². The average molecular weight is 466 g/mol. The first kappa shape index (κ1) is 21.8. The quantitative estimate of drug-likeness (QED) is 0.495. The number of piperidine rings is 1. The van der Waals surface area contributed by atoms with Gasteiger partial charge in [0.05, 0.1) is 5.25 Å².